The summed E-state index contributed by atoms with van der Waals surface area (Å²) >= 11 is 0. The maximum absolute atomic E-state index is 11.2. The molecule has 0 aliphatic heterocycles. The first-order chi connectivity index (χ1) is 7.16. The van der Waals surface area contributed by atoms with Gasteiger partial charge in [-0.2, -0.15) is 0 Å². The third-order valence-electron chi connectivity index (χ3n) is 4.11. The van der Waals surface area contributed by atoms with Gasteiger partial charge in [-0.15, -0.1) is 0 Å². The molecule has 2 rings (SSSR count). The summed E-state index contributed by atoms with van der Waals surface area (Å²) in [6, 6.07) is -0.370. The van der Waals surface area contributed by atoms with Gasteiger partial charge in [0.25, 0.3) is 0 Å². The highest BCUT2D eigenvalue weighted by Crippen LogP contribution is 2.49. The van der Waals surface area contributed by atoms with Gasteiger partial charge in [0.15, 0.2) is 0 Å². The van der Waals surface area contributed by atoms with Gasteiger partial charge in [0.05, 0.1) is 6.04 Å². The Kier molecular flexibility index (Phi) is 3.29. The Bertz CT molecular complexity index is 240. The maximum atomic E-state index is 11.2. The lowest BCUT2D eigenvalue weighted by Gasteiger charge is -2.21. The Labute approximate surface area is 91.8 Å². The van der Waals surface area contributed by atoms with Gasteiger partial charge in [0.1, 0.15) is 0 Å². The Morgan fingerprint density at radius 1 is 1.47 bits per heavy atom. The molecule has 2 bridgehead atoms. The SMILES string of the molecule is C[C@@H](N)C(=O)NCCC1CC2CCC1C2. The van der Waals surface area contributed by atoms with Crippen LogP contribution in [0.15, 0.2) is 0 Å². The first kappa shape index (κ1) is 10.9. The van der Waals surface area contributed by atoms with E-state index < -0.39 is 0 Å². The van der Waals surface area contributed by atoms with E-state index in [4.69, 9.17) is 5.73 Å². The average molecular weight is 210 g/mol. The molecule has 0 aromatic rings. The molecular formula is C12H22N2O. The van der Waals surface area contributed by atoms with Crippen LogP contribution in [0.5, 0.6) is 0 Å². The second-order valence-electron chi connectivity index (χ2n) is 5.30. The van der Waals surface area contributed by atoms with Crippen molar-refractivity contribution in [1.29, 1.82) is 0 Å². The zero-order valence-corrected chi connectivity index (χ0v) is 9.54. The van der Waals surface area contributed by atoms with E-state index in [1.165, 1.54) is 25.7 Å². The Morgan fingerprint density at radius 3 is 2.80 bits per heavy atom. The van der Waals surface area contributed by atoms with Crippen molar-refractivity contribution in [1.82, 2.24) is 5.32 Å². The summed E-state index contributed by atoms with van der Waals surface area (Å²) in [5.41, 5.74) is 5.48. The van der Waals surface area contributed by atoms with Gasteiger partial charge in [-0.25, -0.2) is 0 Å². The van der Waals surface area contributed by atoms with Crippen molar-refractivity contribution in [3.63, 3.8) is 0 Å². The van der Waals surface area contributed by atoms with Crippen molar-refractivity contribution in [2.24, 2.45) is 23.5 Å². The molecule has 3 heteroatoms. The van der Waals surface area contributed by atoms with Crippen molar-refractivity contribution < 1.29 is 4.79 Å². The Hall–Kier alpha value is -0.570. The van der Waals surface area contributed by atoms with Crippen LogP contribution in [0.2, 0.25) is 0 Å². The number of rotatable bonds is 4. The summed E-state index contributed by atoms with van der Waals surface area (Å²) in [4.78, 5) is 11.2. The smallest absolute Gasteiger partial charge is 0.236 e. The number of fused-ring (bicyclic) bond motifs is 2. The molecule has 15 heavy (non-hydrogen) atoms. The van der Waals surface area contributed by atoms with Crippen LogP contribution in [0, 0.1) is 17.8 Å². The zero-order chi connectivity index (χ0) is 10.8. The van der Waals surface area contributed by atoms with Gasteiger partial charge in [0.2, 0.25) is 5.91 Å². The highest BCUT2D eigenvalue weighted by Gasteiger charge is 2.38. The molecular weight excluding hydrogens is 188 g/mol. The zero-order valence-electron chi connectivity index (χ0n) is 9.54. The molecule has 0 spiro atoms. The molecule has 3 unspecified atom stereocenters. The molecule has 2 aliphatic carbocycles. The third-order valence-corrected chi connectivity index (χ3v) is 4.11. The van der Waals surface area contributed by atoms with Crippen molar-refractivity contribution >= 4 is 5.91 Å². The number of amides is 1. The largest absolute Gasteiger partial charge is 0.355 e. The standard InChI is InChI=1S/C12H22N2O/c1-8(13)12(15)14-5-4-11-7-9-2-3-10(11)6-9/h8-11H,2-7,13H2,1H3,(H,14,15)/t8-,9?,10?,11?/m1/s1. The lowest BCUT2D eigenvalue weighted by molar-refractivity contribution is -0.122. The molecule has 1 amide bonds. The molecule has 2 aliphatic rings. The van der Waals surface area contributed by atoms with E-state index >= 15 is 0 Å². The maximum Gasteiger partial charge on any atom is 0.236 e. The van der Waals surface area contributed by atoms with Gasteiger partial charge >= 0.3 is 0 Å². The van der Waals surface area contributed by atoms with Crippen molar-refractivity contribution in [3.8, 4) is 0 Å². The highest BCUT2D eigenvalue weighted by molar-refractivity contribution is 5.80. The molecule has 2 fully saturated rings. The number of carbonyl (C=O) groups excluding carboxylic acids is 1. The van der Waals surface area contributed by atoms with Crippen LogP contribution in [0.3, 0.4) is 0 Å². The number of nitrogens with one attached hydrogen (secondary N) is 1. The van der Waals surface area contributed by atoms with Crippen molar-refractivity contribution in [3.05, 3.63) is 0 Å². The number of carbonyl (C=O) groups is 1. The topological polar surface area (TPSA) is 55.1 Å². The Morgan fingerprint density at radius 2 is 2.27 bits per heavy atom. The second-order valence-corrected chi connectivity index (χ2v) is 5.30. The van der Waals surface area contributed by atoms with E-state index in [1.807, 2.05) is 0 Å². The fraction of sp³-hybridized carbons (Fsp3) is 0.917. The minimum absolute atomic E-state index is 0.0156. The lowest BCUT2D eigenvalue weighted by atomic mass is 9.86. The van der Waals surface area contributed by atoms with Gasteiger partial charge in [0, 0.05) is 6.54 Å². The van der Waals surface area contributed by atoms with Crippen LogP contribution in [0.4, 0.5) is 0 Å². The number of hydrogen-bond donors (Lipinski definition) is 2. The molecule has 0 aromatic heterocycles. The highest BCUT2D eigenvalue weighted by atomic mass is 16.2. The quantitative estimate of drug-likeness (QED) is 0.734. The summed E-state index contributed by atoms with van der Waals surface area (Å²) in [6.07, 6.45) is 6.88. The van der Waals surface area contributed by atoms with Crippen molar-refractivity contribution in [2.75, 3.05) is 6.54 Å². The van der Waals surface area contributed by atoms with E-state index in [2.05, 4.69) is 5.32 Å². The van der Waals surface area contributed by atoms with Crippen LogP contribution in [0.1, 0.15) is 39.0 Å². The van der Waals surface area contributed by atoms with Crippen LogP contribution < -0.4 is 11.1 Å². The van der Waals surface area contributed by atoms with Crippen LogP contribution >= 0.6 is 0 Å². The summed E-state index contributed by atoms with van der Waals surface area (Å²) in [6.45, 7) is 2.54. The predicted octanol–water partition coefficient (Wildman–Crippen LogP) is 1.28. The normalized spacial score (nSPS) is 35.5. The van der Waals surface area contributed by atoms with E-state index in [0.717, 1.165) is 30.7 Å². The predicted molar refractivity (Wildman–Crippen MR) is 60.2 cm³/mol. The van der Waals surface area contributed by atoms with E-state index in [1.54, 1.807) is 6.92 Å². The van der Waals surface area contributed by atoms with Gasteiger partial charge in [-0.1, -0.05) is 6.42 Å². The minimum Gasteiger partial charge on any atom is -0.355 e. The van der Waals surface area contributed by atoms with Crippen LogP contribution in [-0.2, 0) is 4.79 Å². The average Bonchev–Trinajstić information content (AvgIpc) is 2.78. The van der Waals surface area contributed by atoms with Crippen LogP contribution in [0.25, 0.3) is 0 Å². The summed E-state index contributed by atoms with van der Waals surface area (Å²) in [7, 11) is 0. The minimum atomic E-state index is -0.370. The summed E-state index contributed by atoms with van der Waals surface area (Å²) in [5.74, 6) is 2.82. The molecule has 4 atom stereocenters. The molecule has 2 saturated carbocycles. The van der Waals surface area contributed by atoms with Crippen molar-refractivity contribution in [2.45, 2.75) is 45.1 Å². The summed E-state index contributed by atoms with van der Waals surface area (Å²) in [5, 5.41) is 2.90. The van der Waals surface area contributed by atoms with Gasteiger partial charge < -0.3 is 11.1 Å². The molecule has 0 aromatic carbocycles. The van der Waals surface area contributed by atoms with E-state index in [-0.39, 0.29) is 11.9 Å². The third kappa shape index (κ3) is 2.51. The number of hydrogen-bond acceptors (Lipinski definition) is 2. The van der Waals surface area contributed by atoms with E-state index in [9.17, 15) is 4.79 Å². The monoisotopic (exact) mass is 210 g/mol. The summed E-state index contributed by atoms with van der Waals surface area (Å²) < 4.78 is 0. The van der Waals surface area contributed by atoms with Gasteiger partial charge in [-0.3, -0.25) is 4.79 Å². The fourth-order valence-corrected chi connectivity index (χ4v) is 3.27. The first-order valence-electron chi connectivity index (χ1n) is 6.20. The molecule has 0 radical (unpaired) electrons. The molecule has 0 saturated heterocycles. The fourth-order valence-electron chi connectivity index (χ4n) is 3.27. The first-order valence-corrected chi connectivity index (χ1v) is 6.20. The van der Waals surface area contributed by atoms with E-state index in [0.29, 0.717) is 0 Å². The lowest BCUT2D eigenvalue weighted by Crippen LogP contribution is -2.39. The Balaban J connectivity index is 1.65. The second kappa shape index (κ2) is 4.52. The molecule has 3 nitrogen and oxygen atoms in total. The van der Waals surface area contributed by atoms with Crippen LogP contribution in [-0.4, -0.2) is 18.5 Å². The molecule has 3 N–H and O–H groups in total. The number of nitrogens with two attached hydrogens (primary N) is 1. The van der Waals surface area contributed by atoms with Gasteiger partial charge in [-0.05, 0) is 50.4 Å². The molecule has 86 valence electrons. The molecule has 0 heterocycles.